The minimum absolute atomic E-state index is 0.00399. The molecule has 1 saturated heterocycles. The van der Waals surface area contributed by atoms with Crippen LogP contribution in [0, 0.1) is 13.8 Å². The summed E-state index contributed by atoms with van der Waals surface area (Å²) in [6.45, 7) is 5.37. The van der Waals surface area contributed by atoms with Gasteiger partial charge in [0.15, 0.2) is 5.82 Å². The second-order valence-corrected chi connectivity index (χ2v) is 7.80. The highest BCUT2D eigenvalue weighted by molar-refractivity contribution is 7.10. The minimum atomic E-state index is -0.135. The molecule has 0 aliphatic carbocycles. The van der Waals surface area contributed by atoms with E-state index in [1.54, 1.807) is 18.3 Å². The van der Waals surface area contributed by atoms with Gasteiger partial charge >= 0.3 is 0 Å². The van der Waals surface area contributed by atoms with Crippen molar-refractivity contribution in [2.75, 3.05) is 11.9 Å². The van der Waals surface area contributed by atoms with Gasteiger partial charge < -0.3 is 14.7 Å². The molecule has 3 heterocycles. The Hall–Kier alpha value is -2.67. The van der Waals surface area contributed by atoms with Crippen LogP contribution in [0.3, 0.4) is 0 Å². The fraction of sp³-hybridized carbons (Fsp3) is 0.350. The van der Waals surface area contributed by atoms with Gasteiger partial charge in [-0.05, 0) is 61.9 Å². The van der Waals surface area contributed by atoms with Gasteiger partial charge in [-0.25, -0.2) is 0 Å². The number of aromatic nitrogens is 2. The van der Waals surface area contributed by atoms with E-state index in [0.29, 0.717) is 23.8 Å². The molecule has 140 valence electrons. The normalized spacial score (nSPS) is 16.7. The average Bonchev–Trinajstić information content (AvgIpc) is 3.40. The predicted octanol–water partition coefficient (Wildman–Crippen LogP) is 4.34. The Morgan fingerprint density at radius 2 is 2.26 bits per heavy atom. The van der Waals surface area contributed by atoms with Crippen LogP contribution in [0.15, 0.2) is 40.2 Å². The van der Waals surface area contributed by atoms with Gasteiger partial charge in [-0.2, -0.15) is 4.98 Å². The summed E-state index contributed by atoms with van der Waals surface area (Å²) in [7, 11) is 0. The van der Waals surface area contributed by atoms with Gasteiger partial charge in [-0.3, -0.25) is 4.79 Å². The molecule has 27 heavy (non-hydrogen) atoms. The number of amides is 1. The summed E-state index contributed by atoms with van der Waals surface area (Å²) in [5.41, 5.74) is 2.90. The van der Waals surface area contributed by atoms with Crippen LogP contribution in [-0.4, -0.2) is 27.5 Å². The Balaban J connectivity index is 1.49. The fourth-order valence-corrected chi connectivity index (χ4v) is 4.26. The zero-order valence-electron chi connectivity index (χ0n) is 15.4. The molecule has 1 aromatic carbocycles. The summed E-state index contributed by atoms with van der Waals surface area (Å²) in [6.07, 6.45) is 1.79. The number of benzene rings is 1. The van der Waals surface area contributed by atoms with Gasteiger partial charge in [0.2, 0.25) is 5.89 Å². The maximum Gasteiger partial charge on any atom is 0.254 e. The second-order valence-electron chi connectivity index (χ2n) is 6.80. The highest BCUT2D eigenvalue weighted by Crippen LogP contribution is 2.32. The lowest BCUT2D eigenvalue weighted by Crippen LogP contribution is -2.30. The van der Waals surface area contributed by atoms with Gasteiger partial charge in [0.1, 0.15) is 6.04 Å². The van der Waals surface area contributed by atoms with E-state index in [9.17, 15) is 4.79 Å². The highest BCUT2D eigenvalue weighted by Gasteiger charge is 2.34. The van der Waals surface area contributed by atoms with E-state index in [2.05, 4.69) is 33.8 Å². The summed E-state index contributed by atoms with van der Waals surface area (Å²) in [4.78, 5) is 20.6. The number of hydrogen-bond acceptors (Lipinski definition) is 6. The van der Waals surface area contributed by atoms with E-state index >= 15 is 0 Å². The molecule has 1 aliphatic heterocycles. The summed E-state index contributed by atoms with van der Waals surface area (Å²) in [6, 6.07) is 9.66. The van der Waals surface area contributed by atoms with Crippen molar-refractivity contribution in [2.45, 2.75) is 39.3 Å². The molecule has 1 N–H and O–H groups in total. The smallest absolute Gasteiger partial charge is 0.254 e. The maximum atomic E-state index is 13.1. The van der Waals surface area contributed by atoms with E-state index in [4.69, 9.17) is 4.52 Å². The molecular formula is C20H22N4O2S. The van der Waals surface area contributed by atoms with Crippen molar-refractivity contribution in [3.05, 3.63) is 63.4 Å². The van der Waals surface area contributed by atoms with Crippen molar-refractivity contribution in [1.82, 2.24) is 15.0 Å². The van der Waals surface area contributed by atoms with E-state index in [1.165, 1.54) is 10.4 Å². The van der Waals surface area contributed by atoms with Gasteiger partial charge in [-0.15, -0.1) is 11.3 Å². The number of rotatable bonds is 5. The molecule has 2 aromatic heterocycles. The first-order valence-corrected chi connectivity index (χ1v) is 9.98. The monoisotopic (exact) mass is 382 g/mol. The van der Waals surface area contributed by atoms with Crippen molar-refractivity contribution in [3.63, 3.8) is 0 Å². The fourth-order valence-electron chi connectivity index (χ4n) is 3.41. The Morgan fingerprint density at radius 1 is 1.37 bits per heavy atom. The van der Waals surface area contributed by atoms with E-state index < -0.39 is 0 Å². The third kappa shape index (κ3) is 3.73. The number of thiophene rings is 1. The third-order valence-electron chi connectivity index (χ3n) is 4.87. The molecule has 1 aliphatic rings. The van der Waals surface area contributed by atoms with Gasteiger partial charge in [0, 0.05) is 29.2 Å². The average molecular weight is 382 g/mol. The van der Waals surface area contributed by atoms with E-state index in [-0.39, 0.29) is 11.9 Å². The number of anilines is 1. The first kappa shape index (κ1) is 17.7. The molecular weight excluding hydrogens is 360 g/mol. The molecule has 0 spiro atoms. The standard InChI is InChI=1S/C20H22N4O2S/c1-13-8-10-27-18(13)12-21-16-6-3-5-15(11-16)20(25)24-9-4-7-17(24)19-22-14(2)23-26-19/h3,5-6,8,10-11,17,21H,4,7,9,12H2,1-2H3. The molecule has 0 radical (unpaired) electrons. The number of carbonyl (C=O) groups excluding carboxylic acids is 1. The number of carbonyl (C=O) groups is 1. The van der Waals surface area contributed by atoms with E-state index in [1.807, 2.05) is 29.2 Å². The first-order valence-electron chi connectivity index (χ1n) is 9.10. The van der Waals surface area contributed by atoms with Crippen LogP contribution in [0.2, 0.25) is 0 Å². The molecule has 1 unspecified atom stereocenters. The number of likely N-dealkylation sites (tertiary alicyclic amines) is 1. The molecule has 7 heteroatoms. The van der Waals surface area contributed by atoms with Gasteiger partial charge in [0.05, 0.1) is 0 Å². The lowest BCUT2D eigenvalue weighted by molar-refractivity contribution is 0.0710. The van der Waals surface area contributed by atoms with Crippen molar-refractivity contribution < 1.29 is 9.32 Å². The lowest BCUT2D eigenvalue weighted by Gasteiger charge is -2.22. The lowest BCUT2D eigenvalue weighted by atomic mass is 10.1. The Morgan fingerprint density at radius 3 is 3.00 bits per heavy atom. The van der Waals surface area contributed by atoms with Gasteiger partial charge in [0.25, 0.3) is 5.91 Å². The van der Waals surface area contributed by atoms with Crippen LogP contribution in [-0.2, 0) is 6.54 Å². The van der Waals surface area contributed by atoms with Crippen LogP contribution >= 0.6 is 11.3 Å². The first-order chi connectivity index (χ1) is 13.1. The highest BCUT2D eigenvalue weighted by atomic mass is 32.1. The summed E-state index contributed by atoms with van der Waals surface area (Å²) >= 11 is 1.74. The molecule has 0 saturated carbocycles. The number of nitrogens with one attached hydrogen (secondary N) is 1. The minimum Gasteiger partial charge on any atom is -0.380 e. The Labute approximate surface area is 162 Å². The van der Waals surface area contributed by atoms with Crippen molar-refractivity contribution in [2.24, 2.45) is 0 Å². The van der Waals surface area contributed by atoms with Crippen molar-refractivity contribution in [1.29, 1.82) is 0 Å². The molecule has 1 atom stereocenters. The second kappa shape index (κ2) is 7.52. The summed E-state index contributed by atoms with van der Waals surface area (Å²) in [5.74, 6) is 1.13. The molecule has 6 nitrogen and oxygen atoms in total. The van der Waals surface area contributed by atoms with Crippen LogP contribution in [0.1, 0.15) is 51.4 Å². The SMILES string of the molecule is Cc1noc(C2CCCN2C(=O)c2cccc(NCc3sccc3C)c2)n1. The summed E-state index contributed by atoms with van der Waals surface area (Å²) < 4.78 is 5.31. The molecule has 1 amide bonds. The molecule has 4 rings (SSSR count). The largest absolute Gasteiger partial charge is 0.380 e. The number of aryl methyl sites for hydroxylation is 2. The van der Waals surface area contributed by atoms with Gasteiger partial charge in [-0.1, -0.05) is 11.2 Å². The Bertz CT molecular complexity index is 949. The zero-order valence-corrected chi connectivity index (χ0v) is 16.3. The van der Waals surface area contributed by atoms with Crippen LogP contribution in [0.25, 0.3) is 0 Å². The third-order valence-corrected chi connectivity index (χ3v) is 5.90. The zero-order chi connectivity index (χ0) is 18.8. The molecule has 3 aromatic rings. The maximum absolute atomic E-state index is 13.1. The quantitative estimate of drug-likeness (QED) is 0.711. The van der Waals surface area contributed by atoms with Crippen molar-refractivity contribution >= 4 is 22.9 Å². The number of hydrogen-bond donors (Lipinski definition) is 1. The number of nitrogens with zero attached hydrogens (tertiary/aromatic N) is 3. The summed E-state index contributed by atoms with van der Waals surface area (Å²) in [5, 5.41) is 9.38. The topological polar surface area (TPSA) is 71.3 Å². The van der Waals surface area contributed by atoms with Crippen LogP contribution < -0.4 is 5.32 Å². The van der Waals surface area contributed by atoms with Crippen LogP contribution in [0.5, 0.6) is 0 Å². The van der Waals surface area contributed by atoms with Crippen molar-refractivity contribution in [3.8, 4) is 0 Å². The predicted molar refractivity (Wildman–Crippen MR) is 105 cm³/mol. The Kier molecular flexibility index (Phi) is 4.94. The molecule has 0 bridgehead atoms. The van der Waals surface area contributed by atoms with Crippen LogP contribution in [0.4, 0.5) is 5.69 Å². The molecule has 1 fully saturated rings. The van der Waals surface area contributed by atoms with E-state index in [0.717, 1.165) is 25.1 Å².